The molecule has 1 aliphatic rings. The molecule has 0 amide bonds. The van der Waals surface area contributed by atoms with E-state index in [4.69, 9.17) is 9.72 Å². The van der Waals surface area contributed by atoms with E-state index < -0.39 is 0 Å². The summed E-state index contributed by atoms with van der Waals surface area (Å²) < 4.78 is 7.49. The number of pyridine rings is 1. The molecule has 1 aliphatic heterocycles. The first-order valence-electron chi connectivity index (χ1n) is 9.71. The minimum Gasteiger partial charge on any atom is -0.493 e. The summed E-state index contributed by atoms with van der Waals surface area (Å²) in [6.07, 6.45) is 3.37. The average Bonchev–Trinajstić information content (AvgIpc) is 3.06. The maximum absolute atomic E-state index is 12.1. The van der Waals surface area contributed by atoms with Crippen molar-refractivity contribution in [1.82, 2.24) is 14.9 Å². The highest BCUT2D eigenvalue weighted by atomic mass is 32.1. The number of aromatic nitrogens is 2. The Labute approximate surface area is 178 Å². The van der Waals surface area contributed by atoms with Gasteiger partial charge in [0.25, 0.3) is 5.56 Å². The zero-order chi connectivity index (χ0) is 21.3. The molecule has 8 heteroatoms. The quantitative estimate of drug-likeness (QED) is 0.517. The van der Waals surface area contributed by atoms with Gasteiger partial charge in [0.1, 0.15) is 10.8 Å². The van der Waals surface area contributed by atoms with E-state index in [0.717, 1.165) is 45.8 Å². The molecule has 7 nitrogen and oxygen atoms in total. The standard InChI is InChI=1S/C22H22N5O2S/c1-13(2)25-21(24-12-23)22-26-20-16-10-14(15-6-8-27(3)19(28)11-15)4-5-17(16)29-9-7-18(20)30-22/h4-6,8,10-13H,7,9H2,1-3H3,(H-,23,24,25)/q-1. The predicted molar refractivity (Wildman–Crippen MR) is 122 cm³/mol. The highest BCUT2D eigenvalue weighted by Gasteiger charge is 2.22. The largest absolute Gasteiger partial charge is 0.493 e. The Kier molecular flexibility index (Phi) is 5.50. The van der Waals surface area contributed by atoms with Gasteiger partial charge in [0.2, 0.25) is 0 Å². The van der Waals surface area contributed by atoms with Crippen molar-refractivity contribution in [3.8, 4) is 28.1 Å². The van der Waals surface area contributed by atoms with Gasteiger partial charge in [-0.25, -0.2) is 4.98 Å². The number of hydrogen-bond donors (Lipinski definition) is 1. The van der Waals surface area contributed by atoms with Crippen molar-refractivity contribution >= 4 is 23.5 Å². The number of nitrogens with zero attached hydrogens (tertiary/aromatic N) is 4. The van der Waals surface area contributed by atoms with Crippen LogP contribution in [0.2, 0.25) is 0 Å². The SMILES string of the molecule is CC(C)N=C(NC=[N-])c1nc2c(s1)CCOc1ccc(-c3ccn(C)c(=O)c3)cc1-2. The van der Waals surface area contributed by atoms with E-state index in [9.17, 15) is 10.2 Å². The van der Waals surface area contributed by atoms with Crippen LogP contribution in [0.1, 0.15) is 23.7 Å². The molecule has 1 aromatic carbocycles. The van der Waals surface area contributed by atoms with Gasteiger partial charge in [0.05, 0.1) is 18.1 Å². The highest BCUT2D eigenvalue weighted by Crippen LogP contribution is 2.39. The Balaban J connectivity index is 1.83. The Morgan fingerprint density at radius 2 is 2.13 bits per heavy atom. The molecule has 3 aromatic rings. The Hall–Kier alpha value is -3.26. The van der Waals surface area contributed by atoms with Crippen LogP contribution < -0.4 is 15.6 Å². The van der Waals surface area contributed by atoms with Crippen LogP contribution in [0.5, 0.6) is 5.75 Å². The van der Waals surface area contributed by atoms with E-state index in [1.54, 1.807) is 23.9 Å². The lowest BCUT2D eigenvalue weighted by Crippen LogP contribution is -2.23. The smallest absolute Gasteiger partial charge is 0.250 e. The molecule has 0 bridgehead atoms. The molecule has 2 aromatic heterocycles. The first-order chi connectivity index (χ1) is 14.5. The molecule has 1 N–H and O–H groups in total. The summed E-state index contributed by atoms with van der Waals surface area (Å²) in [5.41, 5.74) is 3.46. The van der Waals surface area contributed by atoms with Crippen molar-refractivity contribution in [1.29, 1.82) is 0 Å². The van der Waals surface area contributed by atoms with Gasteiger partial charge in [-0.15, -0.1) is 17.7 Å². The number of thiazole rings is 1. The van der Waals surface area contributed by atoms with Gasteiger partial charge in [-0.2, -0.15) is 0 Å². The molecule has 0 saturated carbocycles. The molecular formula is C22H22N5O2S-. The lowest BCUT2D eigenvalue weighted by Gasteiger charge is -2.11. The summed E-state index contributed by atoms with van der Waals surface area (Å²) in [6.45, 7) is 4.50. The van der Waals surface area contributed by atoms with Crippen LogP contribution in [-0.2, 0) is 13.5 Å². The normalized spacial score (nSPS) is 13.3. The van der Waals surface area contributed by atoms with Crippen LogP contribution in [0.15, 0.2) is 46.3 Å². The molecule has 0 spiro atoms. The number of benzene rings is 1. The number of rotatable bonds is 4. The molecule has 30 heavy (non-hydrogen) atoms. The molecule has 0 unspecified atom stereocenters. The van der Waals surface area contributed by atoms with Gasteiger partial charge in [-0.05, 0) is 43.2 Å². The van der Waals surface area contributed by atoms with E-state index in [2.05, 4.69) is 10.3 Å². The van der Waals surface area contributed by atoms with Gasteiger partial charge < -0.3 is 20.0 Å². The third-order valence-corrected chi connectivity index (χ3v) is 5.87. The van der Waals surface area contributed by atoms with Gasteiger partial charge in [0.15, 0.2) is 0 Å². The van der Waals surface area contributed by atoms with E-state index in [0.29, 0.717) is 17.5 Å². The Morgan fingerprint density at radius 1 is 1.33 bits per heavy atom. The van der Waals surface area contributed by atoms with Crippen LogP contribution >= 0.6 is 11.3 Å². The predicted octanol–water partition coefficient (Wildman–Crippen LogP) is 3.45. The summed E-state index contributed by atoms with van der Waals surface area (Å²) >= 11 is 1.54. The number of ether oxygens (including phenoxy) is 1. The van der Waals surface area contributed by atoms with Crippen molar-refractivity contribution in [2.45, 2.75) is 26.3 Å². The maximum Gasteiger partial charge on any atom is 0.250 e. The third-order valence-electron chi connectivity index (χ3n) is 4.75. The number of hydrogen-bond acceptors (Lipinski definition) is 5. The summed E-state index contributed by atoms with van der Waals surface area (Å²) in [6, 6.07) is 9.50. The van der Waals surface area contributed by atoms with Crippen molar-refractivity contribution < 1.29 is 4.74 Å². The van der Waals surface area contributed by atoms with Crippen LogP contribution in [0.4, 0.5) is 0 Å². The second-order valence-corrected chi connectivity index (χ2v) is 8.39. The van der Waals surface area contributed by atoms with Crippen LogP contribution in [-0.4, -0.2) is 34.4 Å². The van der Waals surface area contributed by atoms with Gasteiger partial charge in [-0.3, -0.25) is 9.79 Å². The van der Waals surface area contributed by atoms with Gasteiger partial charge >= 0.3 is 0 Å². The van der Waals surface area contributed by atoms with Gasteiger partial charge in [-0.1, -0.05) is 6.07 Å². The third kappa shape index (κ3) is 3.91. The number of fused-ring (bicyclic) bond motifs is 3. The molecular weight excluding hydrogens is 398 g/mol. The topological polar surface area (TPSA) is 90.8 Å². The molecule has 0 radical (unpaired) electrons. The lowest BCUT2D eigenvalue weighted by atomic mass is 10.0. The second kappa shape index (κ2) is 8.23. The van der Waals surface area contributed by atoms with Crippen LogP contribution in [0.25, 0.3) is 27.8 Å². The number of aliphatic imine (C=N–C) groups is 1. The van der Waals surface area contributed by atoms with Crippen molar-refractivity contribution in [3.05, 3.63) is 62.2 Å². The molecule has 154 valence electrons. The zero-order valence-corrected chi connectivity index (χ0v) is 17.9. The summed E-state index contributed by atoms with van der Waals surface area (Å²) in [4.78, 5) is 22.5. The molecule has 0 fully saturated rings. The van der Waals surface area contributed by atoms with Gasteiger partial charge in [0, 0.05) is 42.2 Å². The highest BCUT2D eigenvalue weighted by molar-refractivity contribution is 7.14. The summed E-state index contributed by atoms with van der Waals surface area (Å²) in [5.74, 6) is 1.30. The maximum atomic E-state index is 12.1. The monoisotopic (exact) mass is 420 g/mol. The first-order valence-corrected chi connectivity index (χ1v) is 10.5. The van der Waals surface area contributed by atoms with Crippen molar-refractivity contribution in [3.63, 3.8) is 0 Å². The molecule has 4 rings (SSSR count). The fourth-order valence-corrected chi connectivity index (χ4v) is 4.33. The number of nitrogens with one attached hydrogen (secondary N) is 1. The summed E-state index contributed by atoms with van der Waals surface area (Å²) in [7, 11) is 1.73. The average molecular weight is 421 g/mol. The Bertz CT molecular complexity index is 1190. The van der Waals surface area contributed by atoms with E-state index in [1.807, 2.05) is 38.1 Å². The fourth-order valence-electron chi connectivity index (χ4n) is 3.31. The van der Waals surface area contributed by atoms with Crippen molar-refractivity contribution in [2.24, 2.45) is 12.0 Å². The number of aryl methyl sites for hydroxylation is 1. The molecule has 0 saturated heterocycles. The minimum absolute atomic E-state index is 0.0547. The molecule has 0 atom stereocenters. The van der Waals surface area contributed by atoms with E-state index in [-0.39, 0.29) is 11.6 Å². The molecule has 3 heterocycles. The van der Waals surface area contributed by atoms with Crippen molar-refractivity contribution in [2.75, 3.05) is 6.61 Å². The van der Waals surface area contributed by atoms with E-state index >= 15 is 0 Å². The minimum atomic E-state index is -0.0591. The Morgan fingerprint density at radius 3 is 2.87 bits per heavy atom. The van der Waals surface area contributed by atoms with Crippen LogP contribution in [0.3, 0.4) is 0 Å². The van der Waals surface area contributed by atoms with E-state index in [1.165, 1.54) is 11.3 Å². The number of amidine groups is 1. The van der Waals surface area contributed by atoms with Crippen LogP contribution in [0, 0.1) is 0 Å². The zero-order valence-electron chi connectivity index (χ0n) is 17.0. The second-order valence-electron chi connectivity index (χ2n) is 7.31. The summed E-state index contributed by atoms with van der Waals surface area (Å²) in [5, 5.41) is 12.7. The fraction of sp³-hybridized carbons (Fsp3) is 0.273. The lowest BCUT2D eigenvalue weighted by molar-refractivity contribution is 0.327. The first kappa shape index (κ1) is 20.0. The molecule has 0 aliphatic carbocycles.